The quantitative estimate of drug-likeness (QED) is 0.872. The van der Waals surface area contributed by atoms with Gasteiger partial charge >= 0.3 is 5.69 Å². The molecule has 0 bridgehead atoms. The van der Waals surface area contributed by atoms with Crippen molar-refractivity contribution in [3.05, 3.63) is 61.6 Å². The van der Waals surface area contributed by atoms with E-state index in [4.69, 9.17) is 16.3 Å². The van der Waals surface area contributed by atoms with Crippen LogP contribution in [-0.4, -0.2) is 16.7 Å². The second-order valence-corrected chi connectivity index (χ2v) is 4.45. The summed E-state index contributed by atoms with van der Waals surface area (Å²) < 4.78 is 19.3. The molecule has 1 N–H and O–H groups in total. The van der Waals surface area contributed by atoms with Gasteiger partial charge in [0.05, 0.1) is 7.11 Å². The summed E-state index contributed by atoms with van der Waals surface area (Å²) in [5.41, 5.74) is -0.957. The van der Waals surface area contributed by atoms with Gasteiger partial charge in [-0.3, -0.25) is 14.3 Å². The molecule has 0 aliphatic heterocycles. The number of halogens is 2. The highest BCUT2D eigenvalue weighted by Crippen LogP contribution is 2.17. The summed E-state index contributed by atoms with van der Waals surface area (Å²) in [6.07, 6.45) is 0.355. The van der Waals surface area contributed by atoms with Crippen molar-refractivity contribution in [1.82, 2.24) is 9.55 Å². The van der Waals surface area contributed by atoms with Crippen LogP contribution in [0.15, 0.2) is 33.9 Å². The first-order valence-electron chi connectivity index (χ1n) is 5.84. The zero-order valence-electron chi connectivity index (χ0n) is 10.7. The molecule has 7 heteroatoms. The number of aryl methyl sites for hydroxylation is 1. The van der Waals surface area contributed by atoms with Crippen LogP contribution in [0, 0.1) is 5.82 Å². The third kappa shape index (κ3) is 2.75. The number of benzene rings is 1. The van der Waals surface area contributed by atoms with Gasteiger partial charge in [-0.05, 0) is 18.1 Å². The van der Waals surface area contributed by atoms with Crippen molar-refractivity contribution in [3.63, 3.8) is 0 Å². The Hall–Kier alpha value is -2.08. The second-order valence-electron chi connectivity index (χ2n) is 4.08. The molecule has 1 aromatic carbocycles. The smallest absolute Gasteiger partial charge is 0.329 e. The molecule has 0 aliphatic carbocycles. The Labute approximate surface area is 118 Å². The van der Waals surface area contributed by atoms with E-state index in [9.17, 15) is 14.0 Å². The van der Waals surface area contributed by atoms with Crippen LogP contribution in [0.1, 0.15) is 5.56 Å². The summed E-state index contributed by atoms with van der Waals surface area (Å²) >= 11 is 5.39. The fraction of sp³-hybridized carbons (Fsp3) is 0.231. The molecule has 5 nitrogen and oxygen atoms in total. The number of ether oxygens (including phenoxy) is 1. The number of hydrogen-bond donors (Lipinski definition) is 1. The van der Waals surface area contributed by atoms with Crippen LogP contribution in [0.4, 0.5) is 4.39 Å². The second kappa shape index (κ2) is 5.92. The van der Waals surface area contributed by atoms with E-state index in [1.165, 1.54) is 7.11 Å². The lowest BCUT2D eigenvalue weighted by molar-refractivity contribution is 0.407. The van der Waals surface area contributed by atoms with Crippen molar-refractivity contribution in [3.8, 4) is 5.75 Å². The summed E-state index contributed by atoms with van der Waals surface area (Å²) in [7, 11) is 1.53. The number of nitrogens with zero attached hydrogens (tertiary/aromatic N) is 1. The molecule has 2 rings (SSSR count). The molecular weight excluding hydrogens is 287 g/mol. The van der Waals surface area contributed by atoms with Crippen molar-refractivity contribution in [2.45, 2.75) is 13.0 Å². The Kier molecular flexibility index (Phi) is 4.24. The van der Waals surface area contributed by atoms with Crippen LogP contribution in [0.5, 0.6) is 5.75 Å². The van der Waals surface area contributed by atoms with Crippen molar-refractivity contribution < 1.29 is 9.13 Å². The van der Waals surface area contributed by atoms with Crippen LogP contribution in [-0.2, 0) is 13.0 Å². The summed E-state index contributed by atoms with van der Waals surface area (Å²) in [5, 5.41) is -0.575. The van der Waals surface area contributed by atoms with E-state index in [1.54, 1.807) is 6.07 Å². The molecule has 0 atom stereocenters. The lowest BCUT2D eigenvalue weighted by atomic mass is 10.1. The Bertz CT molecular complexity index is 739. The molecule has 0 saturated carbocycles. The van der Waals surface area contributed by atoms with Crippen molar-refractivity contribution in [1.29, 1.82) is 0 Å². The van der Waals surface area contributed by atoms with Crippen LogP contribution < -0.4 is 16.0 Å². The van der Waals surface area contributed by atoms with Crippen molar-refractivity contribution in [2.75, 3.05) is 7.11 Å². The molecule has 0 aliphatic rings. The molecular formula is C13H12ClFN2O3. The van der Waals surface area contributed by atoms with Crippen molar-refractivity contribution >= 4 is 11.6 Å². The van der Waals surface area contributed by atoms with Gasteiger partial charge in [-0.2, -0.15) is 4.39 Å². The molecule has 1 heterocycles. The van der Waals surface area contributed by atoms with E-state index in [0.29, 0.717) is 12.2 Å². The van der Waals surface area contributed by atoms with Gasteiger partial charge in [-0.15, -0.1) is 0 Å². The minimum Gasteiger partial charge on any atom is -0.496 e. The Balaban J connectivity index is 2.31. The lowest BCUT2D eigenvalue weighted by Gasteiger charge is -2.09. The third-order valence-electron chi connectivity index (χ3n) is 2.88. The van der Waals surface area contributed by atoms with E-state index < -0.39 is 22.2 Å². The number of hydrogen-bond acceptors (Lipinski definition) is 3. The molecule has 20 heavy (non-hydrogen) atoms. The number of aromatic nitrogens is 2. The average Bonchev–Trinajstić information content (AvgIpc) is 2.45. The largest absolute Gasteiger partial charge is 0.496 e. The predicted molar refractivity (Wildman–Crippen MR) is 73.0 cm³/mol. The van der Waals surface area contributed by atoms with Gasteiger partial charge in [0.15, 0.2) is 5.15 Å². The Morgan fingerprint density at radius 1 is 1.35 bits per heavy atom. The molecule has 0 spiro atoms. The maximum absolute atomic E-state index is 13.4. The molecule has 2 aromatic rings. The minimum absolute atomic E-state index is 0.0304. The number of H-pyrrole nitrogens is 1. The molecule has 0 unspecified atom stereocenters. The maximum atomic E-state index is 13.4. The average molecular weight is 299 g/mol. The zero-order valence-corrected chi connectivity index (χ0v) is 11.4. The maximum Gasteiger partial charge on any atom is 0.329 e. The van der Waals surface area contributed by atoms with Crippen LogP contribution >= 0.6 is 11.6 Å². The summed E-state index contributed by atoms with van der Waals surface area (Å²) in [4.78, 5) is 25.3. The summed E-state index contributed by atoms with van der Waals surface area (Å²) in [5.74, 6) is -0.516. The zero-order chi connectivity index (χ0) is 14.7. The molecule has 0 fully saturated rings. The van der Waals surface area contributed by atoms with E-state index in [2.05, 4.69) is 4.98 Å². The van der Waals surface area contributed by atoms with E-state index in [1.807, 2.05) is 18.2 Å². The Morgan fingerprint density at radius 2 is 2.05 bits per heavy atom. The van der Waals surface area contributed by atoms with Gasteiger partial charge in [0.25, 0.3) is 5.56 Å². The number of rotatable bonds is 4. The molecule has 0 amide bonds. The van der Waals surface area contributed by atoms with E-state index >= 15 is 0 Å². The van der Waals surface area contributed by atoms with Crippen LogP contribution in [0.2, 0.25) is 5.15 Å². The van der Waals surface area contributed by atoms with Gasteiger partial charge < -0.3 is 4.74 Å². The monoisotopic (exact) mass is 298 g/mol. The SMILES string of the molecule is COc1ccccc1CCn1c(=O)[nH]c(Cl)c(F)c1=O. The normalized spacial score (nSPS) is 10.6. The third-order valence-corrected chi connectivity index (χ3v) is 3.15. The van der Waals surface area contributed by atoms with Gasteiger partial charge in [-0.1, -0.05) is 29.8 Å². The fourth-order valence-corrected chi connectivity index (χ4v) is 2.03. The van der Waals surface area contributed by atoms with E-state index in [0.717, 1.165) is 10.1 Å². The van der Waals surface area contributed by atoms with Gasteiger partial charge in [-0.25, -0.2) is 4.79 Å². The first-order valence-corrected chi connectivity index (χ1v) is 6.22. The first kappa shape index (κ1) is 14.3. The highest BCUT2D eigenvalue weighted by atomic mass is 35.5. The lowest BCUT2D eigenvalue weighted by Crippen LogP contribution is -2.37. The van der Waals surface area contributed by atoms with Gasteiger partial charge in [0.2, 0.25) is 5.82 Å². The van der Waals surface area contributed by atoms with Crippen molar-refractivity contribution in [2.24, 2.45) is 0 Å². The molecule has 106 valence electrons. The summed E-state index contributed by atoms with van der Waals surface area (Å²) in [6.45, 7) is 0.0304. The summed E-state index contributed by atoms with van der Waals surface area (Å²) in [6, 6.07) is 7.20. The highest BCUT2D eigenvalue weighted by Gasteiger charge is 2.12. The number of para-hydroxylation sites is 1. The first-order chi connectivity index (χ1) is 9.54. The Morgan fingerprint density at radius 3 is 2.75 bits per heavy atom. The topological polar surface area (TPSA) is 64.1 Å². The van der Waals surface area contributed by atoms with Gasteiger partial charge in [0, 0.05) is 6.54 Å². The predicted octanol–water partition coefficient (Wildman–Crippen LogP) is 1.58. The van der Waals surface area contributed by atoms with E-state index in [-0.39, 0.29) is 6.54 Å². The number of aromatic amines is 1. The fourth-order valence-electron chi connectivity index (χ4n) is 1.87. The van der Waals surface area contributed by atoms with Crippen LogP contribution in [0.25, 0.3) is 0 Å². The molecule has 1 aromatic heterocycles. The molecule has 0 saturated heterocycles. The van der Waals surface area contributed by atoms with Gasteiger partial charge in [0.1, 0.15) is 5.75 Å². The highest BCUT2D eigenvalue weighted by molar-refractivity contribution is 6.29. The number of methoxy groups -OCH3 is 1. The molecule has 0 radical (unpaired) electrons. The standard InChI is InChI=1S/C13H12ClFN2O3/c1-20-9-5-3-2-4-8(9)6-7-17-12(18)10(15)11(14)16-13(17)19/h2-5H,6-7H2,1H3,(H,16,19). The van der Waals surface area contributed by atoms with Crippen LogP contribution in [0.3, 0.4) is 0 Å². The minimum atomic E-state index is -1.16. The number of nitrogens with one attached hydrogen (secondary N) is 1.